The fourth-order valence-electron chi connectivity index (χ4n) is 1.20. The van der Waals surface area contributed by atoms with E-state index in [1.807, 2.05) is 0 Å². The van der Waals surface area contributed by atoms with Crippen LogP contribution in [0.25, 0.3) is 5.95 Å². The Morgan fingerprint density at radius 2 is 2.32 bits per heavy atom. The van der Waals surface area contributed by atoms with E-state index in [0.717, 1.165) is 11.8 Å². The molecule has 2 aromatic heterocycles. The smallest absolute Gasteiger partial charge is 0.316 e. The highest BCUT2D eigenvalue weighted by Crippen LogP contribution is 2.16. The van der Waals surface area contributed by atoms with Crippen LogP contribution in [0.2, 0.25) is 5.28 Å². The molecule has 0 radical (unpaired) electrons. The number of esters is 1. The highest BCUT2D eigenvalue weighted by Gasteiger charge is 2.10. The summed E-state index contributed by atoms with van der Waals surface area (Å²) in [5.41, 5.74) is 0. The Kier molecular flexibility index (Phi) is 4.69. The molecule has 0 saturated carbocycles. The lowest BCUT2D eigenvalue weighted by atomic mass is 10.7. The number of rotatable bonds is 5. The topological polar surface area (TPSA) is 82.8 Å². The zero-order chi connectivity index (χ0) is 13.7. The summed E-state index contributed by atoms with van der Waals surface area (Å²) in [7, 11) is 0. The summed E-state index contributed by atoms with van der Waals surface area (Å²) >= 11 is 6.94. The largest absolute Gasteiger partial charge is 0.465 e. The van der Waals surface area contributed by atoms with Gasteiger partial charge in [0.05, 0.1) is 12.4 Å². The molecule has 19 heavy (non-hydrogen) atoms. The van der Waals surface area contributed by atoms with E-state index in [4.69, 9.17) is 16.3 Å². The molecule has 0 bridgehead atoms. The SMILES string of the molecule is CCOC(=O)CSc1nc(Cl)nc(-n2cccn2)n1. The van der Waals surface area contributed by atoms with Gasteiger partial charge in [0.15, 0.2) is 5.16 Å². The first-order valence-corrected chi connectivity index (χ1v) is 6.75. The second-order valence-electron chi connectivity index (χ2n) is 3.23. The Labute approximate surface area is 118 Å². The number of hydrogen-bond donors (Lipinski definition) is 0. The van der Waals surface area contributed by atoms with Gasteiger partial charge in [-0.3, -0.25) is 4.79 Å². The minimum atomic E-state index is -0.329. The van der Waals surface area contributed by atoms with E-state index < -0.39 is 0 Å². The molecule has 2 heterocycles. The highest BCUT2D eigenvalue weighted by molar-refractivity contribution is 7.99. The highest BCUT2D eigenvalue weighted by atomic mass is 35.5. The zero-order valence-corrected chi connectivity index (χ0v) is 11.6. The Balaban J connectivity index is 2.11. The molecule has 2 rings (SSSR count). The number of ether oxygens (including phenoxy) is 1. The van der Waals surface area contributed by atoms with Crippen LogP contribution in [0.5, 0.6) is 0 Å². The van der Waals surface area contributed by atoms with Crippen LogP contribution >= 0.6 is 23.4 Å². The molecule has 0 unspecified atom stereocenters. The minimum absolute atomic E-state index is 0.0480. The van der Waals surface area contributed by atoms with Gasteiger partial charge in [-0.25, -0.2) is 4.68 Å². The third-order valence-electron chi connectivity index (χ3n) is 1.91. The van der Waals surface area contributed by atoms with E-state index in [0.29, 0.717) is 17.7 Å². The molecule has 100 valence electrons. The van der Waals surface area contributed by atoms with Crippen LogP contribution in [0, 0.1) is 0 Å². The van der Waals surface area contributed by atoms with Crippen molar-refractivity contribution in [1.29, 1.82) is 0 Å². The molecule has 9 heteroatoms. The third-order valence-corrected chi connectivity index (χ3v) is 2.90. The lowest BCUT2D eigenvalue weighted by Crippen LogP contribution is -2.09. The quantitative estimate of drug-likeness (QED) is 0.609. The van der Waals surface area contributed by atoms with Gasteiger partial charge in [0.25, 0.3) is 5.95 Å². The summed E-state index contributed by atoms with van der Waals surface area (Å²) < 4.78 is 6.28. The van der Waals surface area contributed by atoms with Gasteiger partial charge in [-0.1, -0.05) is 11.8 Å². The summed E-state index contributed by atoms with van der Waals surface area (Å²) in [6.45, 7) is 2.09. The maximum absolute atomic E-state index is 11.3. The first-order chi connectivity index (χ1) is 9.19. The van der Waals surface area contributed by atoms with Gasteiger partial charge in [0.2, 0.25) is 5.28 Å². The summed E-state index contributed by atoms with van der Waals surface area (Å²) in [4.78, 5) is 23.3. The van der Waals surface area contributed by atoms with Gasteiger partial charge in [-0.2, -0.15) is 20.1 Å². The second-order valence-corrected chi connectivity index (χ2v) is 4.51. The van der Waals surface area contributed by atoms with E-state index in [-0.39, 0.29) is 17.0 Å². The lowest BCUT2D eigenvalue weighted by molar-refractivity contribution is -0.139. The first-order valence-electron chi connectivity index (χ1n) is 5.39. The molecule has 0 N–H and O–H groups in total. The van der Waals surface area contributed by atoms with Crippen LogP contribution in [-0.4, -0.2) is 43.1 Å². The minimum Gasteiger partial charge on any atom is -0.465 e. The second kappa shape index (κ2) is 6.48. The van der Waals surface area contributed by atoms with E-state index in [1.54, 1.807) is 25.4 Å². The lowest BCUT2D eigenvalue weighted by Gasteiger charge is -2.03. The first kappa shape index (κ1) is 13.8. The molecule has 0 aliphatic heterocycles. The summed E-state index contributed by atoms with van der Waals surface area (Å²) in [6.07, 6.45) is 3.29. The summed E-state index contributed by atoms with van der Waals surface area (Å²) in [5, 5.41) is 4.39. The molecular formula is C10H10ClN5O2S. The number of aromatic nitrogens is 5. The number of halogens is 1. The third kappa shape index (κ3) is 3.90. The van der Waals surface area contributed by atoms with Crippen molar-refractivity contribution in [2.24, 2.45) is 0 Å². The monoisotopic (exact) mass is 299 g/mol. The van der Waals surface area contributed by atoms with Crippen molar-refractivity contribution >= 4 is 29.3 Å². The molecule has 7 nitrogen and oxygen atoms in total. The standard InChI is InChI=1S/C10H10ClN5O2S/c1-2-18-7(17)6-19-10-14-8(11)13-9(15-10)16-5-3-4-12-16/h3-5H,2,6H2,1H3. The molecule has 0 aliphatic carbocycles. The maximum atomic E-state index is 11.3. The van der Waals surface area contributed by atoms with Crippen molar-refractivity contribution in [3.05, 3.63) is 23.7 Å². The Morgan fingerprint density at radius 1 is 1.47 bits per heavy atom. The molecule has 0 saturated heterocycles. The van der Waals surface area contributed by atoms with Crippen LogP contribution in [0.15, 0.2) is 23.6 Å². The van der Waals surface area contributed by atoms with Crippen molar-refractivity contribution in [3.8, 4) is 5.95 Å². The molecule has 0 atom stereocenters. The van der Waals surface area contributed by atoms with Crippen LogP contribution in [0.1, 0.15) is 6.92 Å². The van der Waals surface area contributed by atoms with Gasteiger partial charge in [0.1, 0.15) is 0 Å². The Hall–Kier alpha value is -1.67. The zero-order valence-electron chi connectivity index (χ0n) is 9.99. The van der Waals surface area contributed by atoms with E-state index in [1.165, 1.54) is 4.68 Å². The Morgan fingerprint density at radius 3 is 3.00 bits per heavy atom. The summed E-state index contributed by atoms with van der Waals surface area (Å²) in [6, 6.07) is 1.74. The van der Waals surface area contributed by atoms with E-state index in [9.17, 15) is 4.79 Å². The number of thioether (sulfide) groups is 1. The number of carbonyl (C=O) groups excluding carboxylic acids is 1. The van der Waals surface area contributed by atoms with Crippen LogP contribution < -0.4 is 0 Å². The summed E-state index contributed by atoms with van der Waals surface area (Å²) in [5.74, 6) is 0.0910. The Bertz CT molecular complexity index is 563. The van der Waals surface area contributed by atoms with Crippen LogP contribution in [0.4, 0.5) is 0 Å². The van der Waals surface area contributed by atoms with Crippen molar-refractivity contribution in [2.75, 3.05) is 12.4 Å². The van der Waals surface area contributed by atoms with Crippen molar-refractivity contribution < 1.29 is 9.53 Å². The van der Waals surface area contributed by atoms with Gasteiger partial charge in [-0.15, -0.1) is 0 Å². The predicted molar refractivity (Wildman–Crippen MR) is 69.3 cm³/mol. The fourth-order valence-corrected chi connectivity index (χ4v) is 2.04. The van der Waals surface area contributed by atoms with Crippen LogP contribution in [0.3, 0.4) is 0 Å². The molecule has 0 fully saturated rings. The fraction of sp³-hybridized carbons (Fsp3) is 0.300. The molecular weight excluding hydrogens is 290 g/mol. The number of carbonyl (C=O) groups is 1. The average Bonchev–Trinajstić information content (AvgIpc) is 2.90. The predicted octanol–water partition coefficient (Wildman–Crippen LogP) is 1.37. The van der Waals surface area contributed by atoms with E-state index >= 15 is 0 Å². The average molecular weight is 300 g/mol. The van der Waals surface area contributed by atoms with Crippen molar-refractivity contribution in [3.63, 3.8) is 0 Å². The van der Waals surface area contributed by atoms with Gasteiger partial charge < -0.3 is 4.74 Å². The molecule has 0 aromatic carbocycles. The molecule has 0 aliphatic rings. The van der Waals surface area contributed by atoms with Crippen molar-refractivity contribution in [1.82, 2.24) is 24.7 Å². The van der Waals surface area contributed by atoms with Crippen molar-refractivity contribution in [2.45, 2.75) is 12.1 Å². The molecule has 0 amide bonds. The molecule has 0 spiro atoms. The van der Waals surface area contributed by atoms with Crippen LogP contribution in [-0.2, 0) is 9.53 Å². The van der Waals surface area contributed by atoms with Gasteiger partial charge in [0, 0.05) is 12.4 Å². The van der Waals surface area contributed by atoms with Gasteiger partial charge >= 0.3 is 5.97 Å². The molecule has 2 aromatic rings. The number of hydrogen-bond acceptors (Lipinski definition) is 7. The van der Waals surface area contributed by atoms with E-state index in [2.05, 4.69) is 20.1 Å². The normalized spacial score (nSPS) is 10.4. The van der Waals surface area contributed by atoms with Gasteiger partial charge in [-0.05, 0) is 24.6 Å². The maximum Gasteiger partial charge on any atom is 0.316 e. The number of nitrogens with zero attached hydrogens (tertiary/aromatic N) is 5.